The number of benzene rings is 4. The van der Waals surface area contributed by atoms with E-state index in [0.717, 1.165) is 10.8 Å². The number of nitrogens with zero attached hydrogens (tertiary/aromatic N) is 2. The molecule has 14 heteroatoms. The first-order chi connectivity index (χ1) is 28.1. The first-order valence-corrected chi connectivity index (χ1v) is 23.0. The second kappa shape index (κ2) is 17.9. The molecule has 0 aliphatic carbocycles. The number of methoxy groups -OCH3 is 1. The van der Waals surface area contributed by atoms with E-state index in [-0.39, 0.29) is 50.0 Å². The van der Waals surface area contributed by atoms with Crippen LogP contribution in [-0.4, -0.2) is 90.5 Å². The van der Waals surface area contributed by atoms with Gasteiger partial charge >= 0.3 is 0 Å². The molecule has 0 saturated carbocycles. The quantitative estimate of drug-likeness (QED) is 0.108. The molecular weight excluding hydrogens is 769 g/mol. The van der Waals surface area contributed by atoms with Crippen LogP contribution in [0.5, 0.6) is 5.75 Å². The predicted octanol–water partition coefficient (Wildman–Crippen LogP) is 4.51. The van der Waals surface area contributed by atoms with E-state index in [4.69, 9.17) is 9.47 Å². The summed E-state index contributed by atoms with van der Waals surface area (Å²) in [5.41, 5.74) is 1.61. The van der Waals surface area contributed by atoms with Crippen molar-refractivity contribution in [3.8, 4) is 5.75 Å². The Morgan fingerprint density at radius 3 is 2.12 bits per heavy atom. The summed E-state index contributed by atoms with van der Waals surface area (Å²) in [5, 5.41) is 36.4. The summed E-state index contributed by atoms with van der Waals surface area (Å²) in [5.74, 6) is -1.53. The number of aliphatic hydroxyl groups is 3. The molecular formula is C45H54N4O9Si. The van der Waals surface area contributed by atoms with Gasteiger partial charge in [-0.1, -0.05) is 79.8 Å². The molecule has 2 aliphatic heterocycles. The maximum absolute atomic E-state index is 15.4. The van der Waals surface area contributed by atoms with Crippen molar-refractivity contribution >= 4 is 54.0 Å². The Bertz CT molecular complexity index is 2160. The maximum Gasteiger partial charge on any atom is 0.264 e. The molecule has 1 saturated heterocycles. The molecule has 1 spiro atoms. The van der Waals surface area contributed by atoms with E-state index in [1.54, 1.807) is 53.3 Å². The number of nitrogens with one attached hydrogen (secondary N) is 2. The fourth-order valence-electron chi connectivity index (χ4n) is 8.69. The lowest BCUT2D eigenvalue weighted by Crippen LogP contribution is -2.52. The van der Waals surface area contributed by atoms with Gasteiger partial charge in [-0.2, -0.15) is 0 Å². The Kier molecular flexibility index (Phi) is 13.1. The van der Waals surface area contributed by atoms with Crippen LogP contribution in [0.2, 0.25) is 18.6 Å². The van der Waals surface area contributed by atoms with E-state index in [1.165, 1.54) is 13.8 Å². The topological polar surface area (TPSA) is 178 Å². The summed E-state index contributed by atoms with van der Waals surface area (Å²) in [6, 6.07) is 29.6. The van der Waals surface area contributed by atoms with Crippen molar-refractivity contribution < 1.29 is 44.0 Å². The first kappa shape index (κ1) is 43.2. The molecule has 6 atom stereocenters. The number of fused-ring (bicyclic) bond motifs is 2. The minimum absolute atomic E-state index is 0.0533. The zero-order chi connectivity index (χ0) is 42.6. The lowest BCUT2D eigenvalue weighted by atomic mass is 9.82. The van der Waals surface area contributed by atoms with E-state index >= 15 is 4.79 Å². The van der Waals surface area contributed by atoms with Crippen molar-refractivity contribution in [2.45, 2.75) is 82.8 Å². The number of aliphatic hydroxyl groups excluding tert-OH is 3. The average molecular weight is 823 g/mol. The van der Waals surface area contributed by atoms with Gasteiger partial charge in [-0.3, -0.25) is 19.2 Å². The molecule has 2 aliphatic rings. The average Bonchev–Trinajstić information content (AvgIpc) is 3.63. The van der Waals surface area contributed by atoms with Crippen LogP contribution < -0.4 is 25.5 Å². The second-order valence-corrected chi connectivity index (χ2v) is 20.7. The highest BCUT2D eigenvalue weighted by Gasteiger charge is 2.66. The highest BCUT2D eigenvalue weighted by Crippen LogP contribution is 2.60. The minimum Gasteiger partial charge on any atom is -0.497 e. The number of anilines is 3. The van der Waals surface area contributed by atoms with E-state index in [0.29, 0.717) is 33.9 Å². The van der Waals surface area contributed by atoms with Crippen LogP contribution in [0.4, 0.5) is 17.1 Å². The number of ether oxygens (including phenoxy) is 2. The van der Waals surface area contributed by atoms with Gasteiger partial charge in [-0.05, 0) is 73.0 Å². The van der Waals surface area contributed by atoms with Gasteiger partial charge in [-0.15, -0.1) is 0 Å². The Morgan fingerprint density at radius 1 is 0.881 bits per heavy atom. The zero-order valence-electron chi connectivity index (χ0n) is 34.3. The monoisotopic (exact) mass is 822 g/mol. The molecule has 312 valence electrons. The SMILES string of the molecule is COc1ccc([Si](C)(C)[C@@H]2[C@@H](CC(=O)N(CCO)Cc3ccccc3)O[C@]3(C(=O)N(Cc4cccc(NC(=O)[C@H](C)O)c4)c4ccc(NC(=O)[C@H](C)O)cc43)[C@H]2C)cc1. The smallest absolute Gasteiger partial charge is 0.264 e. The van der Waals surface area contributed by atoms with Crippen LogP contribution in [0.25, 0.3) is 0 Å². The molecule has 0 aromatic heterocycles. The Hall–Kier alpha value is -5.38. The predicted molar refractivity (Wildman–Crippen MR) is 228 cm³/mol. The van der Waals surface area contributed by atoms with Gasteiger partial charge in [0.15, 0.2) is 5.60 Å². The van der Waals surface area contributed by atoms with E-state index in [2.05, 4.69) is 23.7 Å². The third kappa shape index (κ3) is 8.82. The van der Waals surface area contributed by atoms with Crippen molar-refractivity contribution in [3.05, 3.63) is 114 Å². The maximum atomic E-state index is 15.4. The zero-order valence-corrected chi connectivity index (χ0v) is 35.3. The lowest BCUT2D eigenvalue weighted by Gasteiger charge is -2.37. The molecule has 13 nitrogen and oxygen atoms in total. The van der Waals surface area contributed by atoms with E-state index in [9.17, 15) is 29.7 Å². The Balaban J connectivity index is 1.46. The van der Waals surface area contributed by atoms with Crippen LogP contribution in [0, 0.1) is 5.92 Å². The Labute approximate surface area is 346 Å². The van der Waals surface area contributed by atoms with Gasteiger partial charge in [0.25, 0.3) is 17.7 Å². The lowest BCUT2D eigenvalue weighted by molar-refractivity contribution is -0.150. The minimum atomic E-state index is -2.67. The van der Waals surface area contributed by atoms with Crippen molar-refractivity contribution in [1.82, 2.24) is 4.90 Å². The number of hydrogen-bond donors (Lipinski definition) is 5. The van der Waals surface area contributed by atoms with E-state index in [1.807, 2.05) is 67.6 Å². The molecule has 1 fully saturated rings. The molecule has 5 N–H and O–H groups in total. The molecule has 4 amide bonds. The number of carbonyl (C=O) groups is 4. The summed E-state index contributed by atoms with van der Waals surface area (Å²) in [6.45, 7) is 9.44. The van der Waals surface area contributed by atoms with Gasteiger partial charge in [0.1, 0.15) is 18.0 Å². The summed E-state index contributed by atoms with van der Waals surface area (Å²) in [6.07, 6.45) is -3.29. The third-order valence-corrected chi connectivity index (χ3v) is 16.1. The molecule has 0 bridgehead atoms. The van der Waals surface area contributed by atoms with Gasteiger partial charge in [0.05, 0.1) is 46.5 Å². The summed E-state index contributed by atoms with van der Waals surface area (Å²) >= 11 is 0. The van der Waals surface area contributed by atoms with Crippen LogP contribution in [0.3, 0.4) is 0 Å². The fourth-order valence-corrected chi connectivity index (χ4v) is 12.7. The number of carbonyl (C=O) groups excluding carboxylic acids is 4. The fraction of sp³-hybridized carbons (Fsp3) is 0.378. The van der Waals surface area contributed by atoms with E-state index < -0.39 is 49.7 Å². The number of rotatable bonds is 15. The molecule has 0 unspecified atom stereocenters. The van der Waals surface area contributed by atoms with Crippen molar-refractivity contribution in [1.29, 1.82) is 0 Å². The van der Waals surface area contributed by atoms with Crippen molar-refractivity contribution in [2.24, 2.45) is 5.92 Å². The van der Waals surface area contributed by atoms with Gasteiger partial charge in [0.2, 0.25) is 5.91 Å². The van der Waals surface area contributed by atoms with Crippen molar-refractivity contribution in [3.63, 3.8) is 0 Å². The number of amides is 4. The highest BCUT2D eigenvalue weighted by atomic mass is 28.3. The first-order valence-electron chi connectivity index (χ1n) is 19.9. The molecule has 0 radical (unpaired) electrons. The van der Waals surface area contributed by atoms with Gasteiger partial charge in [-0.25, -0.2) is 0 Å². The normalized spacial score (nSPS) is 20.9. The molecule has 59 heavy (non-hydrogen) atoms. The van der Waals surface area contributed by atoms with Crippen LogP contribution in [0.1, 0.15) is 43.9 Å². The highest BCUT2D eigenvalue weighted by molar-refractivity contribution is 6.91. The van der Waals surface area contributed by atoms with Crippen LogP contribution in [-0.2, 0) is 42.6 Å². The third-order valence-electron chi connectivity index (χ3n) is 11.7. The van der Waals surface area contributed by atoms with Gasteiger partial charge < -0.3 is 45.2 Å². The summed E-state index contributed by atoms with van der Waals surface area (Å²) in [7, 11) is -1.06. The largest absolute Gasteiger partial charge is 0.497 e. The molecule has 4 aromatic carbocycles. The summed E-state index contributed by atoms with van der Waals surface area (Å²) in [4.78, 5) is 58.2. The van der Waals surface area contributed by atoms with Crippen LogP contribution in [0.15, 0.2) is 97.1 Å². The Morgan fingerprint density at radius 2 is 1.51 bits per heavy atom. The van der Waals surface area contributed by atoms with Crippen molar-refractivity contribution in [2.75, 3.05) is 35.8 Å². The van der Waals surface area contributed by atoms with Crippen LogP contribution >= 0.6 is 0 Å². The molecule has 2 heterocycles. The molecule has 6 rings (SSSR count). The second-order valence-electron chi connectivity index (χ2n) is 16.0. The summed E-state index contributed by atoms with van der Waals surface area (Å²) < 4.78 is 12.7. The molecule has 4 aromatic rings. The number of hydrogen-bond acceptors (Lipinski definition) is 9. The standard InChI is InChI=1S/C45H54N4O9Si/c1-28-41(59(5,6)36-18-16-35(57-4)17-19-36)39(25-40(53)48(21-22-50)26-31-11-8-7-9-12-31)58-45(28)37-24-34(47-43(55)30(3)52)15-20-38(37)49(44(45)56)27-32-13-10-14-33(23-32)46-42(54)29(2)51/h7-20,23-24,28-30,39,41,50-52H,21-22,25-27H2,1-6H3,(H,46,54)(H,47,55)/t28-,29-,30-,39+,41-,45+/m0/s1. The van der Waals surface area contributed by atoms with Gasteiger partial charge in [0, 0.05) is 35.9 Å².